The first-order valence-corrected chi connectivity index (χ1v) is 7.88. The molecule has 2 aromatic heterocycles. The van der Waals surface area contributed by atoms with Crippen molar-refractivity contribution in [2.75, 3.05) is 6.54 Å². The van der Waals surface area contributed by atoms with E-state index in [9.17, 15) is 0 Å². The van der Waals surface area contributed by atoms with E-state index in [1.54, 1.807) is 17.6 Å². The Morgan fingerprint density at radius 3 is 3.16 bits per heavy atom. The van der Waals surface area contributed by atoms with Crippen molar-refractivity contribution in [3.05, 3.63) is 28.5 Å². The van der Waals surface area contributed by atoms with Gasteiger partial charge >= 0.3 is 0 Å². The molecule has 3 nitrogen and oxygen atoms in total. The van der Waals surface area contributed by atoms with E-state index in [0.717, 1.165) is 23.7 Å². The number of hydrogen-bond acceptors (Lipinski definition) is 4. The number of thiazole rings is 1. The average molecular weight is 276 g/mol. The summed E-state index contributed by atoms with van der Waals surface area (Å²) in [5.74, 6) is 0.939. The van der Waals surface area contributed by atoms with Gasteiger partial charge < -0.3 is 9.73 Å². The second-order valence-corrected chi connectivity index (χ2v) is 6.19. The molecular formula is C15H20N2OS. The molecule has 0 aromatic carbocycles. The molecule has 0 saturated heterocycles. The highest BCUT2D eigenvalue weighted by molar-refractivity contribution is 7.15. The van der Waals surface area contributed by atoms with Gasteiger partial charge in [0.15, 0.2) is 10.8 Å². The van der Waals surface area contributed by atoms with E-state index in [2.05, 4.69) is 19.2 Å². The van der Waals surface area contributed by atoms with Gasteiger partial charge in [0.2, 0.25) is 0 Å². The average Bonchev–Trinajstić information content (AvgIpc) is 3.01. The third kappa shape index (κ3) is 2.47. The number of nitrogens with one attached hydrogen (secondary N) is 1. The molecule has 0 spiro atoms. The SMILES string of the molecule is CCCNC1CCCc2nc(-c3occc3C)sc21. The first-order valence-electron chi connectivity index (χ1n) is 7.07. The number of furan rings is 1. The quantitative estimate of drug-likeness (QED) is 0.914. The minimum atomic E-state index is 0.491. The number of hydrogen-bond donors (Lipinski definition) is 1. The topological polar surface area (TPSA) is 38.1 Å². The number of fused-ring (bicyclic) bond motifs is 1. The fourth-order valence-electron chi connectivity index (χ4n) is 2.62. The molecule has 0 fully saturated rings. The third-order valence-electron chi connectivity index (χ3n) is 3.65. The van der Waals surface area contributed by atoms with Crippen LogP contribution in [-0.2, 0) is 6.42 Å². The van der Waals surface area contributed by atoms with Crippen molar-refractivity contribution in [3.63, 3.8) is 0 Å². The Balaban J connectivity index is 1.91. The minimum absolute atomic E-state index is 0.491. The van der Waals surface area contributed by atoms with Gasteiger partial charge in [-0.2, -0.15) is 0 Å². The van der Waals surface area contributed by atoms with E-state index in [0.29, 0.717) is 6.04 Å². The van der Waals surface area contributed by atoms with Crippen molar-refractivity contribution in [1.82, 2.24) is 10.3 Å². The molecule has 1 aliphatic carbocycles. The molecule has 0 aliphatic heterocycles. The zero-order valence-electron chi connectivity index (χ0n) is 11.5. The maximum atomic E-state index is 5.57. The highest BCUT2D eigenvalue weighted by atomic mass is 32.1. The lowest BCUT2D eigenvalue weighted by atomic mass is 9.98. The fourth-order valence-corrected chi connectivity index (χ4v) is 3.90. The second-order valence-electron chi connectivity index (χ2n) is 5.16. The van der Waals surface area contributed by atoms with Crippen LogP contribution in [0.3, 0.4) is 0 Å². The van der Waals surface area contributed by atoms with Crippen LogP contribution in [0, 0.1) is 6.92 Å². The van der Waals surface area contributed by atoms with Crippen molar-refractivity contribution in [2.45, 2.75) is 45.6 Å². The largest absolute Gasteiger partial charge is 0.462 e. The predicted molar refractivity (Wildman–Crippen MR) is 78.5 cm³/mol. The zero-order valence-corrected chi connectivity index (χ0v) is 12.3. The highest BCUT2D eigenvalue weighted by Crippen LogP contribution is 2.38. The third-order valence-corrected chi connectivity index (χ3v) is 4.86. The van der Waals surface area contributed by atoms with E-state index >= 15 is 0 Å². The summed E-state index contributed by atoms with van der Waals surface area (Å²) >= 11 is 1.80. The van der Waals surface area contributed by atoms with Gasteiger partial charge in [-0.15, -0.1) is 11.3 Å². The van der Waals surface area contributed by atoms with Crippen molar-refractivity contribution in [2.24, 2.45) is 0 Å². The van der Waals surface area contributed by atoms with Crippen LogP contribution in [0.15, 0.2) is 16.7 Å². The van der Waals surface area contributed by atoms with Crippen LogP contribution in [0.25, 0.3) is 10.8 Å². The van der Waals surface area contributed by atoms with Crippen LogP contribution in [0.1, 0.15) is 48.4 Å². The smallest absolute Gasteiger partial charge is 0.165 e. The first kappa shape index (κ1) is 12.9. The lowest BCUT2D eigenvalue weighted by molar-refractivity contribution is 0.464. The maximum Gasteiger partial charge on any atom is 0.165 e. The van der Waals surface area contributed by atoms with E-state index in [1.165, 1.54) is 35.4 Å². The number of rotatable bonds is 4. The first-order chi connectivity index (χ1) is 9.29. The molecule has 1 atom stereocenters. The Morgan fingerprint density at radius 2 is 2.42 bits per heavy atom. The van der Waals surface area contributed by atoms with Gasteiger partial charge in [-0.1, -0.05) is 6.92 Å². The fraction of sp³-hybridized carbons (Fsp3) is 0.533. The molecule has 19 heavy (non-hydrogen) atoms. The van der Waals surface area contributed by atoms with E-state index in [1.807, 2.05) is 6.07 Å². The number of aryl methyl sites for hydroxylation is 2. The van der Waals surface area contributed by atoms with Gasteiger partial charge in [-0.05, 0) is 50.8 Å². The molecule has 4 heteroatoms. The second kappa shape index (κ2) is 5.47. The van der Waals surface area contributed by atoms with Gasteiger partial charge in [-0.25, -0.2) is 4.98 Å². The summed E-state index contributed by atoms with van der Waals surface area (Å²) in [7, 11) is 0. The van der Waals surface area contributed by atoms with E-state index < -0.39 is 0 Å². The summed E-state index contributed by atoms with van der Waals surface area (Å²) in [4.78, 5) is 6.22. The molecular weight excluding hydrogens is 256 g/mol. The number of aromatic nitrogens is 1. The van der Waals surface area contributed by atoms with Gasteiger partial charge in [0.25, 0.3) is 0 Å². The Morgan fingerprint density at radius 1 is 1.53 bits per heavy atom. The summed E-state index contributed by atoms with van der Waals surface area (Å²) in [5, 5.41) is 4.68. The predicted octanol–water partition coefficient (Wildman–Crippen LogP) is 4.09. The summed E-state index contributed by atoms with van der Waals surface area (Å²) < 4.78 is 5.57. The van der Waals surface area contributed by atoms with Gasteiger partial charge in [0, 0.05) is 10.9 Å². The van der Waals surface area contributed by atoms with Crippen molar-refractivity contribution < 1.29 is 4.42 Å². The molecule has 3 rings (SSSR count). The Bertz CT molecular complexity index is 558. The van der Waals surface area contributed by atoms with Crippen LogP contribution in [0.4, 0.5) is 0 Å². The van der Waals surface area contributed by atoms with E-state index in [4.69, 9.17) is 9.40 Å². The van der Waals surface area contributed by atoms with Crippen molar-refractivity contribution in [3.8, 4) is 10.8 Å². The van der Waals surface area contributed by atoms with Gasteiger partial charge in [-0.3, -0.25) is 0 Å². The van der Waals surface area contributed by atoms with Crippen LogP contribution in [0.5, 0.6) is 0 Å². The van der Waals surface area contributed by atoms with E-state index in [-0.39, 0.29) is 0 Å². The summed E-state index contributed by atoms with van der Waals surface area (Å²) in [5.41, 5.74) is 2.44. The van der Waals surface area contributed by atoms with Gasteiger partial charge in [0.05, 0.1) is 12.0 Å². The Hall–Kier alpha value is -1.13. The van der Waals surface area contributed by atoms with Crippen molar-refractivity contribution >= 4 is 11.3 Å². The molecule has 0 bridgehead atoms. The number of nitrogens with zero attached hydrogens (tertiary/aromatic N) is 1. The van der Waals surface area contributed by atoms with Crippen LogP contribution in [-0.4, -0.2) is 11.5 Å². The molecule has 1 unspecified atom stereocenters. The molecule has 1 aliphatic rings. The molecule has 2 heterocycles. The van der Waals surface area contributed by atoms with Crippen LogP contribution < -0.4 is 5.32 Å². The zero-order chi connectivity index (χ0) is 13.2. The lowest BCUT2D eigenvalue weighted by Crippen LogP contribution is -2.24. The standard InChI is InChI=1S/C15H20N2OS/c1-3-8-16-11-5-4-6-12-14(11)19-15(17-12)13-10(2)7-9-18-13/h7,9,11,16H,3-6,8H2,1-2H3. The normalized spacial score (nSPS) is 18.5. The molecule has 2 aromatic rings. The maximum absolute atomic E-state index is 5.57. The Kier molecular flexibility index (Phi) is 3.71. The molecule has 0 amide bonds. The van der Waals surface area contributed by atoms with Crippen molar-refractivity contribution in [1.29, 1.82) is 0 Å². The summed E-state index contributed by atoms with van der Waals surface area (Å²) in [6.07, 6.45) is 6.49. The Labute approximate surface area is 118 Å². The monoisotopic (exact) mass is 276 g/mol. The molecule has 1 N–H and O–H groups in total. The summed E-state index contributed by atoms with van der Waals surface area (Å²) in [6, 6.07) is 2.49. The minimum Gasteiger partial charge on any atom is -0.462 e. The highest BCUT2D eigenvalue weighted by Gasteiger charge is 2.25. The molecule has 102 valence electrons. The lowest BCUT2D eigenvalue weighted by Gasteiger charge is -2.22. The molecule has 0 radical (unpaired) electrons. The van der Waals surface area contributed by atoms with Crippen LogP contribution in [0.2, 0.25) is 0 Å². The van der Waals surface area contributed by atoms with Crippen LogP contribution >= 0.6 is 11.3 Å². The molecule has 0 saturated carbocycles. The summed E-state index contributed by atoms with van der Waals surface area (Å²) in [6.45, 7) is 5.37. The van der Waals surface area contributed by atoms with Gasteiger partial charge in [0.1, 0.15) is 0 Å².